The van der Waals surface area contributed by atoms with Crippen LogP contribution in [0.4, 0.5) is 5.82 Å². The second kappa shape index (κ2) is 6.36. The summed E-state index contributed by atoms with van der Waals surface area (Å²) in [4.78, 5) is 19.6. The van der Waals surface area contributed by atoms with Crippen molar-refractivity contribution in [1.82, 2.24) is 15.3 Å². The summed E-state index contributed by atoms with van der Waals surface area (Å²) < 4.78 is 5.47. The molecule has 104 valence electrons. The second-order valence-corrected chi connectivity index (χ2v) is 4.93. The lowest BCUT2D eigenvalue weighted by atomic mass is 10.4. The smallest absolute Gasteiger partial charge is 0.221 e. The number of nitrogens with one attached hydrogen (secondary N) is 2. The molecule has 0 aliphatic heterocycles. The average Bonchev–Trinajstić information content (AvgIpc) is 3.12. The highest BCUT2D eigenvalue weighted by molar-refractivity contribution is 5.77. The number of carbonyl (C=O) groups excluding carboxylic acids is 1. The molecule has 0 unspecified atom stereocenters. The van der Waals surface area contributed by atoms with E-state index in [2.05, 4.69) is 20.6 Å². The van der Waals surface area contributed by atoms with Crippen molar-refractivity contribution in [3.8, 4) is 5.88 Å². The van der Waals surface area contributed by atoms with Crippen molar-refractivity contribution in [2.45, 2.75) is 45.3 Å². The Hall–Kier alpha value is -1.85. The molecular formula is C13H20N4O2. The number of aromatic nitrogens is 2. The first-order valence-corrected chi connectivity index (χ1v) is 6.65. The summed E-state index contributed by atoms with van der Waals surface area (Å²) in [5.41, 5.74) is 0. The Bertz CT molecular complexity index is 432. The topological polar surface area (TPSA) is 76.1 Å². The van der Waals surface area contributed by atoms with Gasteiger partial charge < -0.3 is 15.4 Å². The monoisotopic (exact) mass is 264 g/mol. The van der Waals surface area contributed by atoms with Crippen LogP contribution in [0.2, 0.25) is 0 Å². The minimum Gasteiger partial charge on any atom is -0.475 e. The minimum atomic E-state index is 0.0760. The third-order valence-electron chi connectivity index (χ3n) is 2.60. The normalized spacial score (nSPS) is 14.3. The molecule has 2 rings (SSSR count). The van der Waals surface area contributed by atoms with Crippen molar-refractivity contribution >= 4 is 11.7 Å². The van der Waals surface area contributed by atoms with Gasteiger partial charge in [0.15, 0.2) is 0 Å². The molecule has 2 N–H and O–H groups in total. The van der Waals surface area contributed by atoms with E-state index in [-0.39, 0.29) is 12.0 Å². The van der Waals surface area contributed by atoms with Gasteiger partial charge in [-0.3, -0.25) is 4.79 Å². The molecular weight excluding hydrogens is 244 g/mol. The highest BCUT2D eigenvalue weighted by Gasteiger charge is 2.22. The van der Waals surface area contributed by atoms with Crippen molar-refractivity contribution in [3.63, 3.8) is 0 Å². The van der Waals surface area contributed by atoms with Gasteiger partial charge in [-0.05, 0) is 26.7 Å². The van der Waals surface area contributed by atoms with Crippen LogP contribution in [-0.4, -0.2) is 34.6 Å². The van der Waals surface area contributed by atoms with Crippen molar-refractivity contribution in [3.05, 3.63) is 12.4 Å². The molecule has 1 amide bonds. The SMILES string of the molecule is CC(C)Oc1cc(NCCC(=O)NC2CC2)ncn1. The highest BCUT2D eigenvalue weighted by Crippen LogP contribution is 2.18. The standard InChI is InChI=1S/C13H20N4O2/c1-9(2)19-13-7-11(15-8-16-13)14-6-5-12(18)17-10-3-4-10/h7-10H,3-6H2,1-2H3,(H,17,18)(H,14,15,16). The van der Waals surface area contributed by atoms with Gasteiger partial charge in [-0.15, -0.1) is 0 Å². The fourth-order valence-electron chi connectivity index (χ4n) is 1.57. The van der Waals surface area contributed by atoms with Gasteiger partial charge in [-0.2, -0.15) is 0 Å². The molecule has 1 aromatic rings. The Morgan fingerprint density at radius 2 is 2.26 bits per heavy atom. The molecule has 19 heavy (non-hydrogen) atoms. The van der Waals surface area contributed by atoms with E-state index < -0.39 is 0 Å². The fraction of sp³-hybridized carbons (Fsp3) is 0.615. The Morgan fingerprint density at radius 1 is 1.47 bits per heavy atom. The van der Waals surface area contributed by atoms with E-state index in [0.29, 0.717) is 30.7 Å². The van der Waals surface area contributed by atoms with Crippen molar-refractivity contribution in [1.29, 1.82) is 0 Å². The predicted molar refractivity (Wildman–Crippen MR) is 72.1 cm³/mol. The maximum absolute atomic E-state index is 11.5. The second-order valence-electron chi connectivity index (χ2n) is 4.93. The Morgan fingerprint density at radius 3 is 2.95 bits per heavy atom. The van der Waals surface area contributed by atoms with Gasteiger partial charge in [-0.1, -0.05) is 0 Å². The summed E-state index contributed by atoms with van der Waals surface area (Å²) in [6.45, 7) is 4.44. The van der Waals surface area contributed by atoms with Gasteiger partial charge in [-0.25, -0.2) is 9.97 Å². The molecule has 0 spiro atoms. The molecule has 1 fully saturated rings. The molecule has 6 nitrogen and oxygen atoms in total. The number of carbonyl (C=O) groups is 1. The highest BCUT2D eigenvalue weighted by atomic mass is 16.5. The lowest BCUT2D eigenvalue weighted by Crippen LogP contribution is -2.27. The van der Waals surface area contributed by atoms with E-state index in [0.717, 1.165) is 12.8 Å². The number of nitrogens with zero attached hydrogens (tertiary/aromatic N) is 2. The first kappa shape index (κ1) is 13.6. The first-order chi connectivity index (χ1) is 9.13. The molecule has 1 aromatic heterocycles. The molecule has 0 atom stereocenters. The summed E-state index contributed by atoms with van der Waals surface area (Å²) in [7, 11) is 0. The summed E-state index contributed by atoms with van der Waals surface area (Å²) in [5, 5.41) is 6.03. The number of anilines is 1. The van der Waals surface area contributed by atoms with Crippen molar-refractivity contribution in [2.24, 2.45) is 0 Å². The van der Waals surface area contributed by atoms with Crippen molar-refractivity contribution in [2.75, 3.05) is 11.9 Å². The van der Waals surface area contributed by atoms with Gasteiger partial charge in [0.05, 0.1) is 6.10 Å². The van der Waals surface area contributed by atoms with E-state index in [1.165, 1.54) is 6.33 Å². The van der Waals surface area contributed by atoms with E-state index in [1.807, 2.05) is 13.8 Å². The zero-order valence-corrected chi connectivity index (χ0v) is 11.3. The molecule has 0 aromatic carbocycles. The summed E-state index contributed by atoms with van der Waals surface area (Å²) in [6, 6.07) is 2.15. The van der Waals surface area contributed by atoms with Crippen LogP contribution in [-0.2, 0) is 4.79 Å². The van der Waals surface area contributed by atoms with Crippen LogP contribution < -0.4 is 15.4 Å². The summed E-state index contributed by atoms with van der Waals surface area (Å²) in [5.74, 6) is 1.29. The molecule has 0 radical (unpaired) electrons. The van der Waals surface area contributed by atoms with Gasteiger partial charge in [0.25, 0.3) is 0 Å². The van der Waals surface area contributed by atoms with Crippen LogP contribution in [0.25, 0.3) is 0 Å². The maximum Gasteiger partial charge on any atom is 0.221 e. The van der Waals surface area contributed by atoms with Crippen LogP contribution >= 0.6 is 0 Å². The fourth-order valence-corrected chi connectivity index (χ4v) is 1.57. The number of rotatable bonds is 7. The van der Waals surface area contributed by atoms with E-state index >= 15 is 0 Å². The maximum atomic E-state index is 11.5. The lowest BCUT2D eigenvalue weighted by molar-refractivity contribution is -0.120. The third-order valence-corrected chi connectivity index (χ3v) is 2.60. The van der Waals surface area contributed by atoms with E-state index in [4.69, 9.17) is 4.74 Å². The quantitative estimate of drug-likeness (QED) is 0.777. The molecule has 1 aliphatic carbocycles. The largest absolute Gasteiger partial charge is 0.475 e. The van der Waals surface area contributed by atoms with E-state index in [1.54, 1.807) is 6.07 Å². The van der Waals surface area contributed by atoms with Gasteiger partial charge in [0, 0.05) is 25.1 Å². The summed E-state index contributed by atoms with van der Waals surface area (Å²) in [6.07, 6.45) is 4.19. The Labute approximate surface area is 113 Å². The van der Waals surface area contributed by atoms with E-state index in [9.17, 15) is 4.79 Å². The van der Waals surface area contributed by atoms with Crippen molar-refractivity contribution < 1.29 is 9.53 Å². The Balaban J connectivity index is 1.73. The molecule has 1 heterocycles. The number of hydrogen-bond donors (Lipinski definition) is 2. The first-order valence-electron chi connectivity index (χ1n) is 6.65. The third kappa shape index (κ3) is 5.11. The number of ether oxygens (including phenoxy) is 1. The molecule has 1 saturated carbocycles. The lowest BCUT2D eigenvalue weighted by Gasteiger charge is -2.10. The zero-order valence-electron chi connectivity index (χ0n) is 11.3. The average molecular weight is 264 g/mol. The zero-order chi connectivity index (χ0) is 13.7. The minimum absolute atomic E-state index is 0.0760. The van der Waals surface area contributed by atoms with Gasteiger partial charge in [0.1, 0.15) is 12.1 Å². The van der Waals surface area contributed by atoms with Crippen LogP contribution in [0.15, 0.2) is 12.4 Å². The number of hydrogen-bond acceptors (Lipinski definition) is 5. The Kier molecular flexibility index (Phi) is 4.54. The van der Waals surface area contributed by atoms with Crippen LogP contribution in [0.1, 0.15) is 33.1 Å². The molecule has 1 aliphatic rings. The van der Waals surface area contributed by atoms with Gasteiger partial charge in [0.2, 0.25) is 11.8 Å². The number of amides is 1. The molecule has 0 saturated heterocycles. The van der Waals surface area contributed by atoms with Crippen LogP contribution in [0.5, 0.6) is 5.88 Å². The van der Waals surface area contributed by atoms with Crippen LogP contribution in [0, 0.1) is 0 Å². The summed E-state index contributed by atoms with van der Waals surface area (Å²) >= 11 is 0. The van der Waals surface area contributed by atoms with Crippen LogP contribution in [0.3, 0.4) is 0 Å². The predicted octanol–water partition coefficient (Wildman–Crippen LogP) is 1.34. The molecule has 6 heteroatoms. The molecule has 0 bridgehead atoms. The van der Waals surface area contributed by atoms with Gasteiger partial charge >= 0.3 is 0 Å².